The molecule has 0 aliphatic heterocycles. The zero-order valence-electron chi connectivity index (χ0n) is 11.3. The van der Waals surface area contributed by atoms with E-state index in [9.17, 15) is 4.79 Å². The molecular weight excluding hydrogens is 258 g/mol. The van der Waals surface area contributed by atoms with Gasteiger partial charge in [-0.15, -0.1) is 11.3 Å². The van der Waals surface area contributed by atoms with Gasteiger partial charge in [0.15, 0.2) is 0 Å². The number of hydrogen-bond acceptors (Lipinski definition) is 4. The molecule has 0 amide bonds. The van der Waals surface area contributed by atoms with Crippen molar-refractivity contribution in [3.05, 3.63) is 51.9 Å². The fourth-order valence-corrected chi connectivity index (χ4v) is 3.34. The molecule has 1 heterocycles. The SMILES string of the molecule is COC(=O)c1c(N)sc(C)c1C(C)c1ccccc1. The van der Waals surface area contributed by atoms with Crippen molar-refractivity contribution < 1.29 is 9.53 Å². The number of nitrogens with two attached hydrogens (primary N) is 1. The van der Waals surface area contributed by atoms with E-state index < -0.39 is 0 Å². The molecule has 1 aromatic heterocycles. The Labute approximate surface area is 117 Å². The molecule has 3 nitrogen and oxygen atoms in total. The molecule has 0 aliphatic carbocycles. The van der Waals surface area contributed by atoms with Gasteiger partial charge in [0.1, 0.15) is 5.00 Å². The number of anilines is 1. The molecule has 2 aromatic rings. The summed E-state index contributed by atoms with van der Waals surface area (Å²) < 4.78 is 4.84. The summed E-state index contributed by atoms with van der Waals surface area (Å²) >= 11 is 1.44. The Morgan fingerprint density at radius 3 is 2.53 bits per heavy atom. The lowest BCUT2D eigenvalue weighted by atomic mass is 9.90. The number of benzene rings is 1. The largest absolute Gasteiger partial charge is 0.465 e. The van der Waals surface area contributed by atoms with E-state index in [2.05, 4.69) is 19.1 Å². The summed E-state index contributed by atoms with van der Waals surface area (Å²) in [5.74, 6) is -0.247. The minimum atomic E-state index is -0.361. The van der Waals surface area contributed by atoms with Gasteiger partial charge < -0.3 is 10.5 Å². The van der Waals surface area contributed by atoms with E-state index in [1.165, 1.54) is 18.4 Å². The number of rotatable bonds is 3. The molecule has 0 radical (unpaired) electrons. The molecule has 2 N–H and O–H groups in total. The Kier molecular flexibility index (Phi) is 3.90. The van der Waals surface area contributed by atoms with Crippen LogP contribution in [-0.2, 0) is 4.74 Å². The average molecular weight is 275 g/mol. The van der Waals surface area contributed by atoms with Gasteiger partial charge in [0, 0.05) is 10.8 Å². The summed E-state index contributed by atoms with van der Waals surface area (Å²) in [6, 6.07) is 10.1. The minimum absolute atomic E-state index is 0.115. The Morgan fingerprint density at radius 1 is 1.32 bits per heavy atom. The number of nitrogen functional groups attached to an aromatic ring is 1. The Balaban J connectivity index is 2.53. The van der Waals surface area contributed by atoms with Gasteiger partial charge >= 0.3 is 5.97 Å². The predicted molar refractivity (Wildman–Crippen MR) is 78.8 cm³/mol. The van der Waals surface area contributed by atoms with Gasteiger partial charge in [-0.25, -0.2) is 4.79 Å². The van der Waals surface area contributed by atoms with Crippen LogP contribution in [0.3, 0.4) is 0 Å². The summed E-state index contributed by atoms with van der Waals surface area (Å²) in [5.41, 5.74) is 8.60. The molecule has 0 spiro atoms. The van der Waals surface area contributed by atoms with Crippen LogP contribution < -0.4 is 5.73 Å². The molecule has 4 heteroatoms. The molecule has 0 saturated heterocycles. The van der Waals surface area contributed by atoms with Crippen molar-refractivity contribution in [2.75, 3.05) is 12.8 Å². The topological polar surface area (TPSA) is 52.3 Å². The van der Waals surface area contributed by atoms with Gasteiger partial charge in [-0.05, 0) is 18.1 Å². The first kappa shape index (κ1) is 13.6. The quantitative estimate of drug-likeness (QED) is 0.871. The molecule has 1 aromatic carbocycles. The second-order valence-corrected chi connectivity index (χ2v) is 5.69. The Bertz CT molecular complexity index is 590. The predicted octanol–water partition coefficient (Wildman–Crippen LogP) is 3.58. The first-order chi connectivity index (χ1) is 9.06. The molecule has 0 bridgehead atoms. The zero-order valence-corrected chi connectivity index (χ0v) is 12.1. The van der Waals surface area contributed by atoms with Crippen molar-refractivity contribution in [3.8, 4) is 0 Å². The maximum Gasteiger partial charge on any atom is 0.341 e. The molecule has 0 aliphatic rings. The molecule has 0 saturated carbocycles. The molecule has 1 atom stereocenters. The maximum atomic E-state index is 11.9. The lowest BCUT2D eigenvalue weighted by Gasteiger charge is -2.14. The number of aryl methyl sites for hydroxylation is 1. The van der Waals surface area contributed by atoms with Crippen molar-refractivity contribution in [2.24, 2.45) is 0 Å². The summed E-state index contributed by atoms with van der Waals surface area (Å²) in [7, 11) is 1.38. The smallest absolute Gasteiger partial charge is 0.341 e. The maximum absolute atomic E-state index is 11.9. The van der Waals surface area contributed by atoms with E-state index in [1.807, 2.05) is 25.1 Å². The van der Waals surface area contributed by atoms with E-state index >= 15 is 0 Å². The van der Waals surface area contributed by atoms with Crippen molar-refractivity contribution in [1.29, 1.82) is 0 Å². The molecule has 1 unspecified atom stereocenters. The van der Waals surface area contributed by atoms with Gasteiger partial charge in [-0.3, -0.25) is 0 Å². The van der Waals surface area contributed by atoms with Crippen molar-refractivity contribution >= 4 is 22.3 Å². The number of ether oxygens (including phenoxy) is 1. The third-order valence-electron chi connectivity index (χ3n) is 3.28. The van der Waals surface area contributed by atoms with Crippen LogP contribution in [0.5, 0.6) is 0 Å². The molecule has 0 fully saturated rings. The second-order valence-electron chi connectivity index (χ2n) is 4.44. The summed E-state index contributed by atoms with van der Waals surface area (Å²) in [6.45, 7) is 4.07. The zero-order chi connectivity index (χ0) is 14.0. The van der Waals surface area contributed by atoms with E-state index in [0.717, 1.165) is 16.0 Å². The number of carbonyl (C=O) groups is 1. The lowest BCUT2D eigenvalue weighted by Crippen LogP contribution is -2.09. The fraction of sp³-hybridized carbons (Fsp3) is 0.267. The van der Waals surface area contributed by atoms with E-state index in [-0.39, 0.29) is 11.9 Å². The van der Waals surface area contributed by atoms with Gasteiger partial charge in [0.2, 0.25) is 0 Å². The number of esters is 1. The van der Waals surface area contributed by atoms with E-state index in [4.69, 9.17) is 10.5 Å². The van der Waals surface area contributed by atoms with E-state index in [1.54, 1.807) is 0 Å². The number of methoxy groups -OCH3 is 1. The van der Waals surface area contributed by atoms with Crippen LogP contribution in [-0.4, -0.2) is 13.1 Å². The minimum Gasteiger partial charge on any atom is -0.465 e. The highest BCUT2D eigenvalue weighted by molar-refractivity contribution is 7.16. The average Bonchev–Trinajstić information content (AvgIpc) is 2.72. The number of carbonyl (C=O) groups excluding carboxylic acids is 1. The second kappa shape index (κ2) is 5.45. The summed E-state index contributed by atoms with van der Waals surface area (Å²) in [4.78, 5) is 13.0. The van der Waals surface area contributed by atoms with Gasteiger partial charge in [-0.1, -0.05) is 37.3 Å². The normalized spacial score (nSPS) is 12.2. The first-order valence-corrected chi connectivity index (χ1v) is 6.90. The Hall–Kier alpha value is -1.81. The summed E-state index contributed by atoms with van der Waals surface area (Å²) in [6.07, 6.45) is 0. The van der Waals surface area contributed by atoms with E-state index in [0.29, 0.717) is 10.6 Å². The number of hydrogen-bond donors (Lipinski definition) is 1. The van der Waals surface area contributed by atoms with Gasteiger partial charge in [0.25, 0.3) is 0 Å². The van der Waals surface area contributed by atoms with Gasteiger partial charge in [0.05, 0.1) is 12.7 Å². The van der Waals surface area contributed by atoms with Crippen LogP contribution in [0.25, 0.3) is 0 Å². The molecule has 100 valence electrons. The highest BCUT2D eigenvalue weighted by atomic mass is 32.1. The Morgan fingerprint density at radius 2 is 1.95 bits per heavy atom. The van der Waals surface area contributed by atoms with Crippen LogP contribution in [0, 0.1) is 6.92 Å². The van der Waals surface area contributed by atoms with Crippen molar-refractivity contribution in [3.63, 3.8) is 0 Å². The molecule has 2 rings (SSSR count). The van der Waals surface area contributed by atoms with Gasteiger partial charge in [-0.2, -0.15) is 0 Å². The third-order valence-corrected chi connectivity index (χ3v) is 4.23. The molecule has 19 heavy (non-hydrogen) atoms. The third kappa shape index (κ3) is 2.49. The van der Waals surface area contributed by atoms with Crippen molar-refractivity contribution in [2.45, 2.75) is 19.8 Å². The monoisotopic (exact) mass is 275 g/mol. The number of thiophene rings is 1. The standard InChI is InChI=1S/C15H17NO2S/c1-9(11-7-5-4-6-8-11)12-10(2)19-14(16)13(12)15(17)18-3/h4-9H,16H2,1-3H3. The first-order valence-electron chi connectivity index (χ1n) is 6.08. The van der Waals surface area contributed by atoms with Crippen LogP contribution in [0.15, 0.2) is 30.3 Å². The highest BCUT2D eigenvalue weighted by Crippen LogP contribution is 2.38. The van der Waals surface area contributed by atoms with Crippen molar-refractivity contribution in [1.82, 2.24) is 0 Å². The van der Waals surface area contributed by atoms with Crippen LogP contribution in [0.4, 0.5) is 5.00 Å². The van der Waals surface area contributed by atoms with Crippen LogP contribution >= 0.6 is 11.3 Å². The fourth-order valence-electron chi connectivity index (χ4n) is 2.32. The van der Waals surface area contributed by atoms with Crippen LogP contribution in [0.1, 0.15) is 39.2 Å². The molecular formula is C15H17NO2S. The summed E-state index contributed by atoms with van der Waals surface area (Å²) in [5, 5.41) is 0.530. The van der Waals surface area contributed by atoms with Crippen LogP contribution in [0.2, 0.25) is 0 Å². The highest BCUT2D eigenvalue weighted by Gasteiger charge is 2.25. The lowest BCUT2D eigenvalue weighted by molar-refractivity contribution is 0.0601.